The van der Waals surface area contributed by atoms with Gasteiger partial charge >= 0.3 is 0 Å². The molecule has 0 aliphatic heterocycles. The lowest BCUT2D eigenvalue weighted by Crippen LogP contribution is -2.69. The van der Waals surface area contributed by atoms with Crippen LogP contribution in [0, 0.1) is 23.2 Å². The molecule has 1 unspecified atom stereocenters. The molecule has 3 fully saturated rings. The van der Waals surface area contributed by atoms with Gasteiger partial charge in [0.2, 0.25) is 0 Å². The number of fused-ring (bicyclic) bond motifs is 1. The molecule has 0 bridgehead atoms. The van der Waals surface area contributed by atoms with Crippen LogP contribution in [0.5, 0.6) is 0 Å². The fraction of sp³-hybridized carbons (Fsp3) is 0.463. The third-order valence-electron chi connectivity index (χ3n) is 17.9. The Bertz CT molecular complexity index is 2790. The van der Waals surface area contributed by atoms with Crippen LogP contribution >= 0.6 is 0 Å². The molecule has 0 heterocycles. The van der Waals surface area contributed by atoms with Gasteiger partial charge in [0, 0.05) is 13.5 Å². The number of rotatable bonds is 19. The zero-order valence-corrected chi connectivity index (χ0v) is 50.5. The van der Waals surface area contributed by atoms with Crippen molar-refractivity contribution in [3.63, 3.8) is 0 Å². The number of methoxy groups -OCH3 is 1. The lowest BCUT2D eigenvalue weighted by Gasteiger charge is -2.49. The monoisotopic (exact) mass is 1080 g/mol. The van der Waals surface area contributed by atoms with Crippen LogP contribution in [0.25, 0.3) is 0 Å². The number of benzene rings is 5. The van der Waals surface area contributed by atoms with Gasteiger partial charge in [-0.25, -0.2) is 8.42 Å². The number of hydrogen-bond acceptors (Lipinski definition) is 6. The first-order chi connectivity index (χ1) is 36.1. The molecule has 3 aliphatic rings. The molecule has 8 rings (SSSR count). The minimum absolute atomic E-state index is 0.0402. The molecule has 5 aromatic carbocycles. The molecular formula is C67H88O6SSi2. The summed E-state index contributed by atoms with van der Waals surface area (Å²) in [4.78, 5) is 0.379. The SMILES string of the molecule is C=C1/C(=C/C=C2\CCC[C@]3(C)[C@@H]([C@H](C)CC(CC(C)(C)OCOC)S(=O)(=O)c4ccccc4)CC[C@@H]23)C[C@@H](O[Si](c2ccccc2)(c2ccccc2)C(C)(C)C)C[C@@H]1O[Si](c1ccccc1)(c1ccccc1)C(C)(C)C. The van der Waals surface area contributed by atoms with Crippen molar-refractivity contribution in [2.24, 2.45) is 23.2 Å². The van der Waals surface area contributed by atoms with Crippen LogP contribution in [0.3, 0.4) is 0 Å². The number of allylic oxidation sites excluding steroid dienone is 3. The molecule has 5 aromatic rings. The Hall–Kier alpha value is -4.46. The van der Waals surface area contributed by atoms with E-state index in [1.165, 1.54) is 31.9 Å². The molecule has 9 heteroatoms. The maximum absolute atomic E-state index is 14.6. The Balaban J connectivity index is 1.18. The fourth-order valence-corrected chi connectivity index (χ4v) is 25.7. The van der Waals surface area contributed by atoms with Crippen LogP contribution in [0.4, 0.5) is 0 Å². The molecule has 6 nitrogen and oxygen atoms in total. The third kappa shape index (κ3) is 11.8. The summed E-state index contributed by atoms with van der Waals surface area (Å²) < 4.78 is 56.7. The fourth-order valence-electron chi connectivity index (χ4n) is 14.2. The third-order valence-corrected chi connectivity index (χ3v) is 30.2. The van der Waals surface area contributed by atoms with Crippen molar-refractivity contribution in [2.45, 2.75) is 165 Å². The van der Waals surface area contributed by atoms with E-state index in [-0.39, 0.29) is 40.4 Å². The van der Waals surface area contributed by atoms with Gasteiger partial charge in [0.25, 0.3) is 16.6 Å². The molecule has 0 radical (unpaired) electrons. The van der Waals surface area contributed by atoms with Gasteiger partial charge in [0.1, 0.15) is 6.79 Å². The largest absolute Gasteiger partial charge is 0.404 e. The van der Waals surface area contributed by atoms with Crippen LogP contribution in [-0.4, -0.2) is 62.0 Å². The highest BCUT2D eigenvalue weighted by molar-refractivity contribution is 7.92. The van der Waals surface area contributed by atoms with E-state index in [4.69, 9.17) is 24.9 Å². The molecule has 406 valence electrons. The van der Waals surface area contributed by atoms with Gasteiger partial charge < -0.3 is 18.3 Å². The van der Waals surface area contributed by atoms with Crippen LogP contribution in [0.15, 0.2) is 192 Å². The van der Waals surface area contributed by atoms with Crippen LogP contribution in [-0.2, 0) is 28.2 Å². The minimum Gasteiger partial charge on any atom is -0.404 e. The van der Waals surface area contributed by atoms with Crippen molar-refractivity contribution in [3.05, 3.63) is 187 Å². The minimum atomic E-state index is -3.65. The summed E-state index contributed by atoms with van der Waals surface area (Å²) in [6.45, 7) is 28.1. The summed E-state index contributed by atoms with van der Waals surface area (Å²) in [5, 5.41) is 4.02. The average Bonchev–Trinajstić information content (AvgIpc) is 3.82. The molecule has 3 saturated carbocycles. The first kappa shape index (κ1) is 57.7. The van der Waals surface area contributed by atoms with E-state index in [2.05, 4.69) is 189 Å². The molecule has 0 spiro atoms. The molecule has 76 heavy (non-hydrogen) atoms. The van der Waals surface area contributed by atoms with Gasteiger partial charge in [-0.05, 0) is 142 Å². The highest BCUT2D eigenvalue weighted by atomic mass is 32.2. The van der Waals surface area contributed by atoms with Gasteiger partial charge in [-0.2, -0.15) is 0 Å². The van der Waals surface area contributed by atoms with E-state index >= 15 is 0 Å². The van der Waals surface area contributed by atoms with Crippen molar-refractivity contribution < 1.29 is 26.7 Å². The molecule has 7 atom stereocenters. The molecule has 3 aliphatic carbocycles. The Morgan fingerprint density at radius 3 is 1.63 bits per heavy atom. The van der Waals surface area contributed by atoms with E-state index in [0.717, 1.165) is 44.1 Å². The van der Waals surface area contributed by atoms with Gasteiger partial charge in [0.15, 0.2) is 9.84 Å². The quantitative estimate of drug-likeness (QED) is 0.0606. The van der Waals surface area contributed by atoms with Crippen molar-refractivity contribution in [1.29, 1.82) is 0 Å². The summed E-state index contributed by atoms with van der Waals surface area (Å²) >= 11 is 0. The van der Waals surface area contributed by atoms with Crippen molar-refractivity contribution in [1.82, 2.24) is 0 Å². The van der Waals surface area contributed by atoms with E-state index in [9.17, 15) is 8.42 Å². The van der Waals surface area contributed by atoms with E-state index in [0.29, 0.717) is 36.0 Å². The predicted octanol–water partition coefficient (Wildman–Crippen LogP) is 14.0. The summed E-state index contributed by atoms with van der Waals surface area (Å²) in [6, 6.07) is 53.1. The molecule has 0 saturated heterocycles. The highest BCUT2D eigenvalue weighted by Crippen LogP contribution is 2.60. The number of hydrogen-bond donors (Lipinski definition) is 0. The summed E-state index contributed by atoms with van der Waals surface area (Å²) in [6.07, 6.45) is 12.3. The smallest absolute Gasteiger partial charge is 0.261 e. The standard InChI is InChI=1S/C67H88O6SSi2/c1-50(45-56(48-66(9,10)71-49-70-12)74(68,69)55-30-18-13-19-31-55)61-42-43-62-52(29-28-44-67(61,62)11)40-41-53-46-54(72-75(64(3,4)5,57-32-20-14-21-33-57)58-34-22-15-23-35-58)47-63(51(53)2)73-76(65(6,7)8,59-36-24-16-25-37-59)60-38-26-17-27-39-60/h13-27,30-41,50,54,56,61-63H,2,28-29,42-49H2,1,3-12H3/b52-40+,53-41+/t50-,54-,56?,61-,62+,63+,67-/m1/s1. The zero-order chi connectivity index (χ0) is 54.6. The topological polar surface area (TPSA) is 71.1 Å². The maximum atomic E-state index is 14.6. The predicted molar refractivity (Wildman–Crippen MR) is 321 cm³/mol. The van der Waals surface area contributed by atoms with E-state index in [1.54, 1.807) is 19.2 Å². The van der Waals surface area contributed by atoms with Crippen molar-refractivity contribution >= 4 is 47.2 Å². The Morgan fingerprint density at radius 2 is 1.16 bits per heavy atom. The first-order valence-electron chi connectivity index (χ1n) is 28.2. The normalized spacial score (nSPS) is 23.9. The lowest BCUT2D eigenvalue weighted by molar-refractivity contribution is -0.117. The second-order valence-electron chi connectivity index (χ2n) is 25.4. The molecular weight excluding hydrogens is 989 g/mol. The molecule has 0 amide bonds. The molecule has 0 N–H and O–H groups in total. The van der Waals surface area contributed by atoms with E-state index < -0.39 is 37.3 Å². The van der Waals surface area contributed by atoms with Crippen LogP contribution in [0.1, 0.15) is 127 Å². The summed E-state index contributed by atoms with van der Waals surface area (Å²) in [5.41, 5.74) is 3.11. The highest BCUT2D eigenvalue weighted by Gasteiger charge is 2.56. The second kappa shape index (κ2) is 23.5. The van der Waals surface area contributed by atoms with Gasteiger partial charge in [0.05, 0.1) is 28.0 Å². The Morgan fingerprint density at radius 1 is 0.684 bits per heavy atom. The van der Waals surface area contributed by atoms with Gasteiger partial charge in [-0.3, -0.25) is 0 Å². The van der Waals surface area contributed by atoms with E-state index in [1.807, 2.05) is 32.0 Å². The lowest BCUT2D eigenvalue weighted by atomic mass is 9.60. The second-order valence-corrected chi connectivity index (χ2v) is 36.1. The summed E-state index contributed by atoms with van der Waals surface area (Å²) in [7, 11) is -8.04. The summed E-state index contributed by atoms with van der Waals surface area (Å²) in [5.74, 6) is 0.969. The Labute approximate surface area is 460 Å². The number of ether oxygens (including phenoxy) is 2. The van der Waals surface area contributed by atoms with Crippen molar-refractivity contribution in [2.75, 3.05) is 13.9 Å². The van der Waals surface area contributed by atoms with Crippen LogP contribution < -0.4 is 20.7 Å². The average molecular weight is 1080 g/mol. The van der Waals surface area contributed by atoms with Gasteiger partial charge in [-0.15, -0.1) is 0 Å². The zero-order valence-electron chi connectivity index (χ0n) is 47.7. The maximum Gasteiger partial charge on any atom is 0.261 e. The van der Waals surface area contributed by atoms with Crippen molar-refractivity contribution in [3.8, 4) is 0 Å². The number of sulfone groups is 1. The Kier molecular flexibility index (Phi) is 17.8. The van der Waals surface area contributed by atoms with Gasteiger partial charge in [-0.1, -0.05) is 219 Å². The molecule has 0 aromatic heterocycles. The first-order valence-corrected chi connectivity index (χ1v) is 33.5. The van der Waals surface area contributed by atoms with Crippen LogP contribution in [0.2, 0.25) is 10.1 Å².